The number of nitrogens with one attached hydrogen (secondary N) is 2. The van der Waals surface area contributed by atoms with Gasteiger partial charge < -0.3 is 15.7 Å². The molecule has 1 unspecified atom stereocenters. The standard InChI is InChI=1S/C16H17FN2O3S/c1-10(20)14-6-5-13(23-14)7-8-18-15(21)16(22)19-12-4-2-3-11(17)9-12/h2-6,9-10,20H,7-8H2,1H3,(H,18,21)(H,19,22). The van der Waals surface area contributed by atoms with Crippen LogP contribution in [0.5, 0.6) is 0 Å². The van der Waals surface area contributed by atoms with Gasteiger partial charge in [-0.15, -0.1) is 11.3 Å². The van der Waals surface area contributed by atoms with Crippen LogP contribution in [0, 0.1) is 5.82 Å². The minimum absolute atomic E-state index is 0.227. The van der Waals surface area contributed by atoms with Gasteiger partial charge in [0, 0.05) is 22.0 Å². The molecule has 0 spiro atoms. The van der Waals surface area contributed by atoms with Crippen LogP contribution in [0.15, 0.2) is 36.4 Å². The fourth-order valence-corrected chi connectivity index (χ4v) is 2.84. The molecule has 23 heavy (non-hydrogen) atoms. The van der Waals surface area contributed by atoms with Gasteiger partial charge in [0.2, 0.25) is 0 Å². The van der Waals surface area contributed by atoms with Crippen LogP contribution in [0.3, 0.4) is 0 Å². The molecule has 0 fully saturated rings. The Labute approximate surface area is 137 Å². The topological polar surface area (TPSA) is 78.4 Å². The maximum atomic E-state index is 13.0. The maximum Gasteiger partial charge on any atom is 0.313 e. The van der Waals surface area contributed by atoms with Crippen LogP contribution >= 0.6 is 11.3 Å². The smallest absolute Gasteiger partial charge is 0.313 e. The number of benzene rings is 1. The molecular formula is C16H17FN2O3S. The molecule has 0 saturated carbocycles. The average molecular weight is 336 g/mol. The van der Waals surface area contributed by atoms with Crippen molar-refractivity contribution in [3.63, 3.8) is 0 Å². The highest BCUT2D eigenvalue weighted by Crippen LogP contribution is 2.22. The molecule has 0 saturated heterocycles. The summed E-state index contributed by atoms with van der Waals surface area (Å²) >= 11 is 1.46. The Kier molecular flexibility index (Phi) is 5.84. The van der Waals surface area contributed by atoms with Gasteiger partial charge in [-0.2, -0.15) is 0 Å². The lowest BCUT2D eigenvalue weighted by Gasteiger charge is -2.06. The van der Waals surface area contributed by atoms with Gasteiger partial charge in [0.25, 0.3) is 0 Å². The van der Waals surface area contributed by atoms with E-state index in [1.165, 1.54) is 29.5 Å². The zero-order chi connectivity index (χ0) is 16.8. The summed E-state index contributed by atoms with van der Waals surface area (Å²) in [6.45, 7) is 1.99. The van der Waals surface area contributed by atoms with Crippen molar-refractivity contribution in [3.05, 3.63) is 52.0 Å². The first-order valence-corrected chi connectivity index (χ1v) is 7.89. The molecule has 0 radical (unpaired) electrons. The number of carbonyl (C=O) groups is 2. The van der Waals surface area contributed by atoms with Crippen molar-refractivity contribution < 1.29 is 19.1 Å². The molecule has 2 rings (SSSR count). The van der Waals surface area contributed by atoms with Crippen LogP contribution in [0.2, 0.25) is 0 Å². The third kappa shape index (κ3) is 5.15. The summed E-state index contributed by atoms with van der Waals surface area (Å²) in [6, 6.07) is 9.04. The molecule has 1 aromatic heterocycles. The van der Waals surface area contributed by atoms with E-state index < -0.39 is 23.7 Å². The molecule has 0 aliphatic rings. The maximum absolute atomic E-state index is 13.0. The Morgan fingerprint density at radius 1 is 1.26 bits per heavy atom. The Bertz CT molecular complexity index is 700. The number of thiophene rings is 1. The average Bonchev–Trinajstić information content (AvgIpc) is 2.96. The number of rotatable bonds is 5. The van der Waals surface area contributed by atoms with E-state index in [2.05, 4.69) is 10.6 Å². The Hall–Kier alpha value is -2.25. The van der Waals surface area contributed by atoms with Gasteiger partial charge in [-0.1, -0.05) is 6.07 Å². The van der Waals surface area contributed by atoms with Crippen molar-refractivity contribution in [1.82, 2.24) is 5.32 Å². The highest BCUT2D eigenvalue weighted by atomic mass is 32.1. The summed E-state index contributed by atoms with van der Waals surface area (Å²) in [7, 11) is 0. The Balaban J connectivity index is 1.78. The van der Waals surface area contributed by atoms with E-state index in [1.54, 1.807) is 6.92 Å². The van der Waals surface area contributed by atoms with Gasteiger partial charge in [-0.3, -0.25) is 9.59 Å². The number of aliphatic hydroxyl groups is 1. The fourth-order valence-electron chi connectivity index (χ4n) is 1.89. The summed E-state index contributed by atoms with van der Waals surface area (Å²) in [5, 5.41) is 14.3. The van der Waals surface area contributed by atoms with Crippen molar-refractivity contribution in [2.24, 2.45) is 0 Å². The van der Waals surface area contributed by atoms with Crippen LogP contribution in [0.4, 0.5) is 10.1 Å². The van der Waals surface area contributed by atoms with Crippen LogP contribution < -0.4 is 10.6 Å². The quantitative estimate of drug-likeness (QED) is 0.733. The molecule has 7 heteroatoms. The SMILES string of the molecule is CC(O)c1ccc(CCNC(=O)C(=O)Nc2cccc(F)c2)s1. The number of hydrogen-bond acceptors (Lipinski definition) is 4. The first-order chi connectivity index (χ1) is 11.0. The molecule has 1 atom stereocenters. The molecule has 3 N–H and O–H groups in total. The summed E-state index contributed by atoms with van der Waals surface area (Å²) in [5.41, 5.74) is 0.227. The predicted octanol–water partition coefficient (Wildman–Crippen LogP) is 2.24. The van der Waals surface area contributed by atoms with E-state index in [0.29, 0.717) is 13.0 Å². The van der Waals surface area contributed by atoms with E-state index in [4.69, 9.17) is 0 Å². The molecule has 0 bridgehead atoms. The van der Waals surface area contributed by atoms with Crippen molar-refractivity contribution in [3.8, 4) is 0 Å². The number of amides is 2. The molecule has 0 aliphatic heterocycles. The lowest BCUT2D eigenvalue weighted by atomic mass is 10.3. The van der Waals surface area contributed by atoms with E-state index in [0.717, 1.165) is 15.8 Å². The first kappa shape index (κ1) is 17.1. The fraction of sp³-hybridized carbons (Fsp3) is 0.250. The summed E-state index contributed by atoms with van der Waals surface area (Å²) in [4.78, 5) is 25.2. The predicted molar refractivity (Wildman–Crippen MR) is 86.7 cm³/mol. The number of aliphatic hydroxyl groups excluding tert-OH is 1. The largest absolute Gasteiger partial charge is 0.388 e. The third-order valence-corrected chi connectivity index (χ3v) is 4.36. The monoisotopic (exact) mass is 336 g/mol. The summed E-state index contributed by atoms with van der Waals surface area (Å²) in [6.07, 6.45) is 0.0523. The minimum atomic E-state index is -0.841. The van der Waals surface area contributed by atoms with E-state index in [9.17, 15) is 19.1 Å². The van der Waals surface area contributed by atoms with Gasteiger partial charge in [0.05, 0.1) is 6.10 Å². The zero-order valence-electron chi connectivity index (χ0n) is 12.5. The van der Waals surface area contributed by atoms with E-state index in [-0.39, 0.29) is 5.69 Å². The van der Waals surface area contributed by atoms with Crippen molar-refractivity contribution in [2.75, 3.05) is 11.9 Å². The van der Waals surface area contributed by atoms with Crippen LogP contribution in [-0.4, -0.2) is 23.5 Å². The van der Waals surface area contributed by atoms with Crippen LogP contribution in [0.25, 0.3) is 0 Å². The lowest BCUT2D eigenvalue weighted by Crippen LogP contribution is -2.36. The second kappa shape index (κ2) is 7.85. The second-order valence-electron chi connectivity index (χ2n) is 4.95. The Morgan fingerprint density at radius 2 is 2.04 bits per heavy atom. The van der Waals surface area contributed by atoms with Gasteiger partial charge >= 0.3 is 11.8 Å². The number of anilines is 1. The minimum Gasteiger partial charge on any atom is -0.388 e. The van der Waals surface area contributed by atoms with E-state index in [1.807, 2.05) is 12.1 Å². The third-order valence-electron chi connectivity index (χ3n) is 3.04. The molecule has 5 nitrogen and oxygen atoms in total. The van der Waals surface area contributed by atoms with Crippen molar-refractivity contribution in [1.29, 1.82) is 0 Å². The molecule has 0 aliphatic carbocycles. The molecule has 2 amide bonds. The summed E-state index contributed by atoms with van der Waals surface area (Å²) in [5.74, 6) is -2.11. The normalized spacial score (nSPS) is 11.8. The highest BCUT2D eigenvalue weighted by Gasteiger charge is 2.13. The lowest BCUT2D eigenvalue weighted by molar-refractivity contribution is -0.136. The van der Waals surface area contributed by atoms with Gasteiger partial charge in [0.1, 0.15) is 5.82 Å². The van der Waals surface area contributed by atoms with Crippen molar-refractivity contribution >= 4 is 28.8 Å². The highest BCUT2D eigenvalue weighted by molar-refractivity contribution is 7.12. The van der Waals surface area contributed by atoms with Gasteiger partial charge in [-0.05, 0) is 43.7 Å². The van der Waals surface area contributed by atoms with Gasteiger partial charge in [0.15, 0.2) is 0 Å². The van der Waals surface area contributed by atoms with Crippen LogP contribution in [0.1, 0.15) is 22.8 Å². The molecule has 1 heterocycles. The first-order valence-electron chi connectivity index (χ1n) is 7.07. The molecular weight excluding hydrogens is 319 g/mol. The molecule has 2 aromatic rings. The van der Waals surface area contributed by atoms with Crippen LogP contribution in [-0.2, 0) is 16.0 Å². The number of halogens is 1. The second-order valence-corrected chi connectivity index (χ2v) is 6.15. The summed E-state index contributed by atoms with van der Waals surface area (Å²) < 4.78 is 13.0. The van der Waals surface area contributed by atoms with Crippen molar-refractivity contribution in [2.45, 2.75) is 19.4 Å². The van der Waals surface area contributed by atoms with E-state index >= 15 is 0 Å². The number of carbonyl (C=O) groups excluding carboxylic acids is 2. The Morgan fingerprint density at radius 3 is 2.70 bits per heavy atom. The molecule has 122 valence electrons. The number of hydrogen-bond donors (Lipinski definition) is 3. The zero-order valence-corrected chi connectivity index (χ0v) is 13.3. The molecule has 1 aromatic carbocycles. The van der Waals surface area contributed by atoms with Gasteiger partial charge in [-0.25, -0.2) is 4.39 Å².